The largest absolute Gasteiger partial charge is 0.332 e. The Morgan fingerprint density at radius 2 is 1.84 bits per heavy atom. The van der Waals surface area contributed by atoms with Crippen molar-refractivity contribution in [2.45, 2.75) is 26.3 Å². The summed E-state index contributed by atoms with van der Waals surface area (Å²) in [6.07, 6.45) is 4.66. The van der Waals surface area contributed by atoms with Gasteiger partial charge < -0.3 is 5.32 Å². The minimum Gasteiger partial charge on any atom is -0.319 e. The second-order valence-corrected chi connectivity index (χ2v) is 4.97. The predicted molar refractivity (Wildman–Crippen MR) is 78.0 cm³/mol. The zero-order valence-electron chi connectivity index (χ0n) is 11.8. The molecule has 0 saturated carbocycles. The summed E-state index contributed by atoms with van der Waals surface area (Å²) in [5.74, 6) is 0. The highest BCUT2D eigenvalue weighted by atomic mass is 16.1. The van der Waals surface area contributed by atoms with Gasteiger partial charge >= 0.3 is 5.69 Å². The molecule has 2 rings (SSSR count). The van der Waals surface area contributed by atoms with E-state index in [1.165, 1.54) is 5.56 Å². The molecule has 102 valence electrons. The van der Waals surface area contributed by atoms with Crippen molar-refractivity contribution in [1.29, 1.82) is 0 Å². The number of nitrogens with zero attached hydrogens (tertiary/aromatic N) is 2. The van der Waals surface area contributed by atoms with Crippen LogP contribution in [0.15, 0.2) is 41.5 Å². The molecule has 0 saturated heterocycles. The van der Waals surface area contributed by atoms with Gasteiger partial charge in [-0.25, -0.2) is 4.79 Å². The van der Waals surface area contributed by atoms with Gasteiger partial charge in [0.1, 0.15) is 0 Å². The number of hydrogen-bond acceptors (Lipinski definition) is 2. The first-order valence-corrected chi connectivity index (χ1v) is 6.67. The molecule has 1 heterocycles. The van der Waals surface area contributed by atoms with Crippen molar-refractivity contribution < 1.29 is 0 Å². The van der Waals surface area contributed by atoms with Crippen LogP contribution in [0.3, 0.4) is 0 Å². The van der Waals surface area contributed by atoms with Gasteiger partial charge in [0.15, 0.2) is 0 Å². The van der Waals surface area contributed by atoms with Gasteiger partial charge in [-0.05, 0) is 51.6 Å². The summed E-state index contributed by atoms with van der Waals surface area (Å²) >= 11 is 0. The topological polar surface area (TPSA) is 39.0 Å². The SMILES string of the molecule is CNCCc1ccc(-n2ccn(C(C)C)c2=O)cc1. The van der Waals surface area contributed by atoms with Crippen molar-refractivity contribution in [3.63, 3.8) is 0 Å². The lowest BCUT2D eigenvalue weighted by Crippen LogP contribution is -2.24. The Labute approximate surface area is 113 Å². The quantitative estimate of drug-likeness (QED) is 0.891. The Bertz CT molecular complexity index is 578. The van der Waals surface area contributed by atoms with Crippen LogP contribution in [0.1, 0.15) is 25.5 Å². The van der Waals surface area contributed by atoms with E-state index in [1.54, 1.807) is 9.13 Å². The maximum absolute atomic E-state index is 12.2. The molecule has 1 aromatic carbocycles. The van der Waals surface area contributed by atoms with Gasteiger partial charge in [0, 0.05) is 18.4 Å². The Morgan fingerprint density at radius 3 is 2.37 bits per heavy atom. The smallest absolute Gasteiger partial charge is 0.319 e. The summed E-state index contributed by atoms with van der Waals surface area (Å²) in [5, 5.41) is 3.13. The van der Waals surface area contributed by atoms with E-state index < -0.39 is 0 Å². The van der Waals surface area contributed by atoms with Crippen LogP contribution < -0.4 is 11.0 Å². The van der Waals surface area contributed by atoms with Crippen molar-refractivity contribution in [1.82, 2.24) is 14.5 Å². The summed E-state index contributed by atoms with van der Waals surface area (Å²) in [5.41, 5.74) is 2.20. The summed E-state index contributed by atoms with van der Waals surface area (Å²) in [6.45, 7) is 4.97. The van der Waals surface area contributed by atoms with Crippen LogP contribution in [0, 0.1) is 0 Å². The first-order chi connectivity index (χ1) is 9.13. The molecule has 19 heavy (non-hydrogen) atoms. The highest BCUT2D eigenvalue weighted by Gasteiger charge is 2.07. The minimum atomic E-state index is 0.0120. The van der Waals surface area contributed by atoms with Gasteiger partial charge in [-0.3, -0.25) is 9.13 Å². The maximum atomic E-state index is 12.2. The molecule has 0 aliphatic carbocycles. The van der Waals surface area contributed by atoms with Crippen molar-refractivity contribution >= 4 is 0 Å². The average Bonchev–Trinajstić information content (AvgIpc) is 2.79. The molecule has 0 radical (unpaired) electrons. The molecule has 0 amide bonds. The molecule has 0 atom stereocenters. The molecular formula is C15H21N3O. The van der Waals surface area contributed by atoms with Crippen molar-refractivity contribution in [2.24, 2.45) is 0 Å². The van der Waals surface area contributed by atoms with Crippen LogP contribution in [0.2, 0.25) is 0 Å². The van der Waals surface area contributed by atoms with Crippen LogP contribution in [-0.4, -0.2) is 22.7 Å². The minimum absolute atomic E-state index is 0.0120. The summed E-state index contributed by atoms with van der Waals surface area (Å²) in [6, 6.07) is 8.33. The van der Waals surface area contributed by atoms with E-state index in [1.807, 2.05) is 45.4 Å². The maximum Gasteiger partial charge on any atom is 0.332 e. The van der Waals surface area contributed by atoms with Crippen LogP contribution in [0.4, 0.5) is 0 Å². The zero-order chi connectivity index (χ0) is 13.8. The van der Waals surface area contributed by atoms with Gasteiger partial charge in [-0.1, -0.05) is 12.1 Å². The van der Waals surface area contributed by atoms with E-state index in [2.05, 4.69) is 17.4 Å². The molecule has 4 nitrogen and oxygen atoms in total. The van der Waals surface area contributed by atoms with E-state index in [4.69, 9.17) is 0 Å². The van der Waals surface area contributed by atoms with Crippen LogP contribution >= 0.6 is 0 Å². The third-order valence-corrected chi connectivity index (χ3v) is 3.24. The number of hydrogen-bond donors (Lipinski definition) is 1. The van der Waals surface area contributed by atoms with Crippen LogP contribution in [0.25, 0.3) is 5.69 Å². The van der Waals surface area contributed by atoms with E-state index in [-0.39, 0.29) is 11.7 Å². The Morgan fingerprint density at radius 1 is 1.16 bits per heavy atom. The predicted octanol–water partition coefficient (Wildman–Crippen LogP) is 1.98. The number of likely N-dealkylation sites (N-methyl/N-ethyl adjacent to an activating group) is 1. The first kappa shape index (κ1) is 13.6. The number of aromatic nitrogens is 2. The molecule has 0 unspecified atom stereocenters. The number of benzene rings is 1. The number of imidazole rings is 1. The van der Waals surface area contributed by atoms with Gasteiger partial charge in [-0.15, -0.1) is 0 Å². The fourth-order valence-electron chi connectivity index (χ4n) is 2.07. The third-order valence-electron chi connectivity index (χ3n) is 3.24. The summed E-state index contributed by atoms with van der Waals surface area (Å²) in [4.78, 5) is 12.2. The van der Waals surface area contributed by atoms with E-state index >= 15 is 0 Å². The molecule has 1 N–H and O–H groups in total. The monoisotopic (exact) mass is 259 g/mol. The Kier molecular flexibility index (Phi) is 4.22. The lowest BCUT2D eigenvalue weighted by atomic mass is 10.1. The molecule has 4 heteroatoms. The molecule has 0 aliphatic rings. The zero-order valence-corrected chi connectivity index (χ0v) is 11.8. The molecule has 0 fully saturated rings. The Hall–Kier alpha value is -1.81. The molecule has 1 aromatic heterocycles. The second kappa shape index (κ2) is 5.89. The summed E-state index contributed by atoms with van der Waals surface area (Å²) in [7, 11) is 1.95. The van der Waals surface area contributed by atoms with Crippen LogP contribution in [-0.2, 0) is 6.42 Å². The van der Waals surface area contributed by atoms with Gasteiger partial charge in [-0.2, -0.15) is 0 Å². The van der Waals surface area contributed by atoms with Crippen molar-refractivity contribution in [2.75, 3.05) is 13.6 Å². The lowest BCUT2D eigenvalue weighted by molar-refractivity contribution is 0.574. The normalized spacial score (nSPS) is 11.2. The molecule has 0 aliphatic heterocycles. The van der Waals surface area contributed by atoms with Crippen molar-refractivity contribution in [3.05, 3.63) is 52.7 Å². The van der Waals surface area contributed by atoms with Gasteiger partial charge in [0.2, 0.25) is 0 Å². The Balaban J connectivity index is 2.25. The fourth-order valence-corrected chi connectivity index (χ4v) is 2.07. The van der Waals surface area contributed by atoms with E-state index in [0.29, 0.717) is 0 Å². The molecular weight excluding hydrogens is 238 g/mol. The van der Waals surface area contributed by atoms with Crippen LogP contribution in [0.5, 0.6) is 0 Å². The third kappa shape index (κ3) is 2.96. The lowest BCUT2D eigenvalue weighted by Gasteiger charge is -2.06. The van der Waals surface area contributed by atoms with Gasteiger partial charge in [0.05, 0.1) is 5.69 Å². The molecule has 0 spiro atoms. The standard InChI is InChI=1S/C15H21N3O/c1-12(2)17-10-11-18(15(17)19)14-6-4-13(5-7-14)8-9-16-3/h4-7,10-12,16H,8-9H2,1-3H3. The molecule has 2 aromatic rings. The van der Waals surface area contributed by atoms with E-state index in [9.17, 15) is 4.79 Å². The first-order valence-electron chi connectivity index (χ1n) is 6.67. The van der Waals surface area contributed by atoms with Crippen molar-refractivity contribution in [3.8, 4) is 5.69 Å². The molecule has 0 bridgehead atoms. The fraction of sp³-hybridized carbons (Fsp3) is 0.400. The van der Waals surface area contributed by atoms with E-state index in [0.717, 1.165) is 18.7 Å². The van der Waals surface area contributed by atoms with Gasteiger partial charge in [0.25, 0.3) is 0 Å². The average molecular weight is 259 g/mol. The number of rotatable bonds is 5. The highest BCUT2D eigenvalue weighted by molar-refractivity contribution is 5.34. The highest BCUT2D eigenvalue weighted by Crippen LogP contribution is 2.09. The number of nitrogens with one attached hydrogen (secondary N) is 1. The second-order valence-electron chi connectivity index (χ2n) is 4.97. The summed E-state index contributed by atoms with van der Waals surface area (Å²) < 4.78 is 3.41.